The van der Waals surface area contributed by atoms with E-state index in [0.29, 0.717) is 26.0 Å². The summed E-state index contributed by atoms with van der Waals surface area (Å²) in [4.78, 5) is 12.0. The first-order valence-electron chi connectivity index (χ1n) is 7.83. The molecule has 1 aromatic rings. The van der Waals surface area contributed by atoms with Crippen LogP contribution in [0.25, 0.3) is 0 Å². The summed E-state index contributed by atoms with van der Waals surface area (Å²) in [6.07, 6.45) is 0.913. The van der Waals surface area contributed by atoms with E-state index < -0.39 is 15.9 Å². The van der Waals surface area contributed by atoms with Gasteiger partial charge in [0.1, 0.15) is 6.04 Å². The number of hydrogen-bond donors (Lipinski definition) is 2. The Morgan fingerprint density at radius 2 is 1.96 bits per heavy atom. The van der Waals surface area contributed by atoms with Gasteiger partial charge in [0.15, 0.2) is 9.84 Å². The van der Waals surface area contributed by atoms with Crippen molar-refractivity contribution >= 4 is 15.8 Å². The Hall–Kier alpha value is -1.44. The Kier molecular flexibility index (Phi) is 8.83. The van der Waals surface area contributed by atoms with E-state index in [1.807, 2.05) is 30.3 Å². The first-order valence-corrected chi connectivity index (χ1v) is 9.65. The molecule has 0 amide bonds. The van der Waals surface area contributed by atoms with Crippen molar-refractivity contribution in [1.29, 1.82) is 0 Å². The van der Waals surface area contributed by atoms with Crippen LogP contribution in [0.15, 0.2) is 30.3 Å². The standard InChI is InChI=1S/C16H26N2O4S/c1-2-22-16(19)15(13-14-7-4-3-5-8-14)18-10-12-23(20,21)11-6-9-17/h3-5,7-8,15,18H,2,6,9-13,17H2,1H3/t15-/m0/s1. The van der Waals surface area contributed by atoms with Gasteiger partial charge in [0.25, 0.3) is 0 Å². The van der Waals surface area contributed by atoms with E-state index in [2.05, 4.69) is 5.32 Å². The van der Waals surface area contributed by atoms with Gasteiger partial charge in [-0.2, -0.15) is 0 Å². The molecule has 0 unspecified atom stereocenters. The van der Waals surface area contributed by atoms with Crippen molar-refractivity contribution in [3.05, 3.63) is 35.9 Å². The van der Waals surface area contributed by atoms with Gasteiger partial charge in [-0.1, -0.05) is 30.3 Å². The molecule has 6 nitrogen and oxygen atoms in total. The van der Waals surface area contributed by atoms with Gasteiger partial charge in [-0.25, -0.2) is 8.42 Å². The molecule has 0 bridgehead atoms. The van der Waals surface area contributed by atoms with Crippen molar-refractivity contribution in [2.24, 2.45) is 5.73 Å². The quantitative estimate of drug-likeness (QED) is 0.569. The fraction of sp³-hybridized carbons (Fsp3) is 0.562. The first kappa shape index (κ1) is 19.6. The topological polar surface area (TPSA) is 98.5 Å². The zero-order valence-electron chi connectivity index (χ0n) is 13.5. The number of ether oxygens (including phenoxy) is 1. The number of nitrogens with two attached hydrogens (primary N) is 1. The second kappa shape index (κ2) is 10.4. The molecule has 0 saturated heterocycles. The average molecular weight is 342 g/mol. The zero-order chi connectivity index (χ0) is 17.1. The number of benzene rings is 1. The van der Waals surface area contributed by atoms with Crippen LogP contribution in [0.5, 0.6) is 0 Å². The third-order valence-corrected chi connectivity index (χ3v) is 5.05. The minimum Gasteiger partial charge on any atom is -0.465 e. The van der Waals surface area contributed by atoms with Crippen molar-refractivity contribution in [3.8, 4) is 0 Å². The molecular weight excluding hydrogens is 316 g/mol. The first-order chi connectivity index (χ1) is 11.0. The Morgan fingerprint density at radius 3 is 2.57 bits per heavy atom. The number of sulfone groups is 1. The van der Waals surface area contributed by atoms with E-state index >= 15 is 0 Å². The van der Waals surface area contributed by atoms with Gasteiger partial charge >= 0.3 is 5.97 Å². The molecule has 1 atom stereocenters. The third kappa shape index (κ3) is 8.11. The maximum Gasteiger partial charge on any atom is 0.323 e. The molecule has 23 heavy (non-hydrogen) atoms. The van der Waals surface area contributed by atoms with Crippen LogP contribution in [0.2, 0.25) is 0 Å². The third-order valence-electron chi connectivity index (χ3n) is 3.32. The minimum absolute atomic E-state index is 0.0162. The SMILES string of the molecule is CCOC(=O)[C@H](Cc1ccccc1)NCCS(=O)(=O)CCCN. The highest BCUT2D eigenvalue weighted by molar-refractivity contribution is 7.91. The van der Waals surface area contributed by atoms with E-state index in [1.54, 1.807) is 6.92 Å². The molecular formula is C16H26N2O4S. The van der Waals surface area contributed by atoms with Gasteiger partial charge in [0, 0.05) is 6.54 Å². The molecule has 1 rings (SSSR count). The summed E-state index contributed by atoms with van der Waals surface area (Å²) in [5.74, 6) is -0.304. The molecule has 130 valence electrons. The molecule has 0 heterocycles. The van der Waals surface area contributed by atoms with Crippen molar-refractivity contribution in [2.45, 2.75) is 25.8 Å². The maximum atomic E-state index is 12.0. The second-order valence-corrected chi connectivity index (χ2v) is 7.55. The molecule has 1 aromatic carbocycles. The largest absolute Gasteiger partial charge is 0.465 e. The van der Waals surface area contributed by atoms with Crippen molar-refractivity contribution in [1.82, 2.24) is 5.32 Å². The molecule has 0 aliphatic carbocycles. The number of esters is 1. The van der Waals surface area contributed by atoms with Crippen LogP contribution in [0.4, 0.5) is 0 Å². The average Bonchev–Trinajstić information content (AvgIpc) is 2.53. The van der Waals surface area contributed by atoms with Gasteiger partial charge in [-0.05, 0) is 31.9 Å². The van der Waals surface area contributed by atoms with Crippen LogP contribution >= 0.6 is 0 Å². The predicted octanol–water partition coefficient (Wildman–Crippen LogP) is 0.514. The predicted molar refractivity (Wildman–Crippen MR) is 90.9 cm³/mol. The van der Waals surface area contributed by atoms with Crippen molar-refractivity contribution in [2.75, 3.05) is 31.2 Å². The van der Waals surface area contributed by atoms with Crippen LogP contribution < -0.4 is 11.1 Å². The normalized spacial score (nSPS) is 12.8. The molecule has 0 aliphatic heterocycles. The molecule has 0 radical (unpaired) electrons. The van der Waals surface area contributed by atoms with Gasteiger partial charge in [0.2, 0.25) is 0 Å². The van der Waals surface area contributed by atoms with Crippen LogP contribution in [0.1, 0.15) is 18.9 Å². The number of carbonyl (C=O) groups is 1. The van der Waals surface area contributed by atoms with Crippen LogP contribution in [0.3, 0.4) is 0 Å². The lowest BCUT2D eigenvalue weighted by atomic mass is 10.1. The summed E-state index contributed by atoms with van der Waals surface area (Å²) in [5, 5.41) is 3.00. The van der Waals surface area contributed by atoms with E-state index in [9.17, 15) is 13.2 Å². The monoisotopic (exact) mass is 342 g/mol. The lowest BCUT2D eigenvalue weighted by Crippen LogP contribution is -2.42. The molecule has 0 spiro atoms. The molecule has 0 fully saturated rings. The van der Waals surface area contributed by atoms with Gasteiger partial charge in [-0.3, -0.25) is 4.79 Å². The number of carbonyl (C=O) groups excluding carboxylic acids is 1. The lowest BCUT2D eigenvalue weighted by molar-refractivity contribution is -0.145. The summed E-state index contributed by atoms with van der Waals surface area (Å²) >= 11 is 0. The highest BCUT2D eigenvalue weighted by Gasteiger charge is 2.20. The number of rotatable bonds is 11. The molecule has 3 N–H and O–H groups in total. The fourth-order valence-corrected chi connectivity index (χ4v) is 3.36. The Bertz CT molecular complexity index is 561. The van der Waals surface area contributed by atoms with Crippen LogP contribution in [-0.4, -0.2) is 51.6 Å². The summed E-state index contributed by atoms with van der Waals surface area (Å²) in [7, 11) is -3.14. The van der Waals surface area contributed by atoms with E-state index in [1.165, 1.54) is 0 Å². The van der Waals surface area contributed by atoms with Gasteiger partial charge in [0.05, 0.1) is 18.1 Å². The van der Waals surface area contributed by atoms with E-state index in [4.69, 9.17) is 10.5 Å². The minimum atomic E-state index is -3.14. The van der Waals surface area contributed by atoms with E-state index in [0.717, 1.165) is 5.56 Å². The maximum absolute atomic E-state index is 12.0. The molecule has 0 aromatic heterocycles. The van der Waals surface area contributed by atoms with Gasteiger partial charge in [-0.15, -0.1) is 0 Å². The molecule has 0 saturated carbocycles. The Morgan fingerprint density at radius 1 is 1.26 bits per heavy atom. The van der Waals surface area contributed by atoms with E-state index in [-0.39, 0.29) is 24.0 Å². The van der Waals surface area contributed by atoms with Gasteiger partial charge < -0.3 is 15.8 Å². The lowest BCUT2D eigenvalue weighted by Gasteiger charge is -2.17. The Balaban J connectivity index is 2.58. The highest BCUT2D eigenvalue weighted by atomic mass is 32.2. The van der Waals surface area contributed by atoms with Crippen LogP contribution in [0, 0.1) is 0 Å². The highest BCUT2D eigenvalue weighted by Crippen LogP contribution is 2.05. The zero-order valence-corrected chi connectivity index (χ0v) is 14.3. The second-order valence-electron chi connectivity index (χ2n) is 5.24. The molecule has 7 heteroatoms. The molecule has 0 aliphatic rings. The Labute approximate surface area is 138 Å². The number of nitrogens with one attached hydrogen (secondary N) is 1. The van der Waals surface area contributed by atoms with Crippen LogP contribution in [-0.2, 0) is 25.8 Å². The van der Waals surface area contributed by atoms with Crippen molar-refractivity contribution in [3.63, 3.8) is 0 Å². The van der Waals surface area contributed by atoms with Crippen molar-refractivity contribution < 1.29 is 17.9 Å². The number of hydrogen-bond acceptors (Lipinski definition) is 6. The summed E-state index contributed by atoms with van der Waals surface area (Å²) in [5.41, 5.74) is 6.32. The fourth-order valence-electron chi connectivity index (χ4n) is 2.13. The summed E-state index contributed by atoms with van der Waals surface area (Å²) in [6, 6.07) is 8.99. The summed E-state index contributed by atoms with van der Waals surface area (Å²) in [6.45, 7) is 2.60. The summed E-state index contributed by atoms with van der Waals surface area (Å²) < 4.78 is 28.7. The smallest absolute Gasteiger partial charge is 0.323 e.